The lowest BCUT2D eigenvalue weighted by Gasteiger charge is -2.41. The van der Waals surface area contributed by atoms with Crippen molar-refractivity contribution >= 4 is 117 Å². The van der Waals surface area contributed by atoms with E-state index in [1.807, 2.05) is 11.8 Å². The largest absolute Gasteiger partial charge is 0.311 e. The van der Waals surface area contributed by atoms with Gasteiger partial charge in [0.2, 0.25) is 6.71 Å². The molecule has 2 aliphatic rings. The van der Waals surface area contributed by atoms with E-state index in [9.17, 15) is 0 Å². The minimum atomic E-state index is -0.0346. The number of benzene rings is 12. The van der Waals surface area contributed by atoms with Gasteiger partial charge in [-0.3, -0.25) is 0 Å². The van der Waals surface area contributed by atoms with Crippen LogP contribution in [-0.4, -0.2) is 20.4 Å². The topological polar surface area (TPSA) is 18.0 Å². The highest BCUT2D eigenvalue weighted by atomic mass is 32.2. The second kappa shape index (κ2) is 19.1. The molecule has 0 saturated heterocycles. The van der Waals surface area contributed by atoms with E-state index in [0.29, 0.717) is 0 Å². The van der Waals surface area contributed by atoms with Crippen LogP contribution < -0.4 is 21.3 Å². The van der Waals surface area contributed by atoms with Gasteiger partial charge in [-0.25, -0.2) is 0 Å². The van der Waals surface area contributed by atoms with Crippen molar-refractivity contribution in [2.75, 3.05) is 4.90 Å². The summed E-state index contributed by atoms with van der Waals surface area (Å²) in [5.74, 6) is 0. The fourth-order valence-corrected chi connectivity index (χ4v) is 16.0. The van der Waals surface area contributed by atoms with Gasteiger partial charge in [-0.15, -0.1) is 0 Å². The Labute approximate surface area is 512 Å². The predicted molar refractivity (Wildman–Crippen MR) is 372 cm³/mol. The number of hydrogen-bond acceptors (Lipinski definition) is 2. The Bertz CT molecular complexity index is 5200. The zero-order chi connectivity index (χ0) is 58.6. The zero-order valence-electron chi connectivity index (χ0n) is 50.0. The van der Waals surface area contributed by atoms with Crippen molar-refractivity contribution in [2.45, 2.75) is 69.1 Å². The van der Waals surface area contributed by atoms with Crippen LogP contribution in [0.4, 0.5) is 17.1 Å². The molecule has 17 rings (SSSR count). The van der Waals surface area contributed by atoms with Crippen LogP contribution in [0, 0.1) is 6.92 Å². The average molecular weight is 1140 g/mol. The Morgan fingerprint density at radius 2 is 0.851 bits per heavy atom. The lowest BCUT2D eigenvalue weighted by Crippen LogP contribution is -2.59. The summed E-state index contributed by atoms with van der Waals surface area (Å²) in [4.78, 5) is 5.21. The third-order valence-electron chi connectivity index (χ3n) is 18.9. The number of aryl methyl sites for hydroxylation is 1. The van der Waals surface area contributed by atoms with Gasteiger partial charge in [-0.05, 0) is 142 Å². The molecule has 0 atom stereocenters. The summed E-state index contributed by atoms with van der Waals surface area (Å²) in [6, 6.07) is 96.8. The molecule has 87 heavy (non-hydrogen) atoms. The Kier molecular flexibility index (Phi) is 11.4. The van der Waals surface area contributed by atoms with Crippen LogP contribution >= 0.6 is 11.8 Å². The normalized spacial score (nSPS) is 13.1. The van der Waals surface area contributed by atoms with Crippen LogP contribution in [0.25, 0.3) is 105 Å². The summed E-state index contributed by atoms with van der Waals surface area (Å²) in [6.07, 6.45) is 0. The molecule has 0 spiro atoms. The van der Waals surface area contributed by atoms with E-state index in [1.54, 1.807) is 0 Å². The quantitative estimate of drug-likeness (QED) is 0.154. The van der Waals surface area contributed by atoms with E-state index in [4.69, 9.17) is 0 Å². The Balaban J connectivity index is 0.991. The smallest absolute Gasteiger partial charge is 0.249 e. The van der Waals surface area contributed by atoms with E-state index >= 15 is 0 Å². The summed E-state index contributed by atoms with van der Waals surface area (Å²) in [5, 5.41) is 7.48. The van der Waals surface area contributed by atoms with Crippen molar-refractivity contribution in [1.29, 1.82) is 0 Å². The van der Waals surface area contributed by atoms with E-state index in [0.717, 1.165) is 33.9 Å². The molecule has 0 radical (unpaired) electrons. The Hall–Kier alpha value is -9.75. The third-order valence-corrected chi connectivity index (χ3v) is 20.0. The van der Waals surface area contributed by atoms with Crippen LogP contribution in [0.2, 0.25) is 0 Å². The number of aromatic nitrogens is 3. The summed E-state index contributed by atoms with van der Waals surface area (Å²) in [7, 11) is 0. The molecule has 5 heterocycles. The number of para-hydroxylation sites is 6. The zero-order valence-corrected chi connectivity index (χ0v) is 50.8. The highest BCUT2D eigenvalue weighted by molar-refractivity contribution is 8.00. The summed E-state index contributed by atoms with van der Waals surface area (Å²) >= 11 is 1.93. The monoisotopic (exact) mass is 1130 g/mol. The molecular formula is C81H63BN4S. The maximum atomic E-state index is 2.64. The van der Waals surface area contributed by atoms with Crippen LogP contribution in [0.1, 0.15) is 58.2 Å². The van der Waals surface area contributed by atoms with Gasteiger partial charge in [0.15, 0.2) is 0 Å². The number of rotatable bonds is 6. The van der Waals surface area contributed by atoms with Gasteiger partial charge >= 0.3 is 0 Å². The van der Waals surface area contributed by atoms with Gasteiger partial charge < -0.3 is 18.6 Å². The Morgan fingerprint density at radius 1 is 0.333 bits per heavy atom. The lowest BCUT2D eigenvalue weighted by molar-refractivity contribution is 0.590. The highest BCUT2D eigenvalue weighted by Gasteiger charge is 2.42. The van der Waals surface area contributed by atoms with Gasteiger partial charge in [0.1, 0.15) is 0 Å². The number of nitrogens with zero attached hydrogens (tertiary/aromatic N) is 4. The first-order valence-electron chi connectivity index (χ1n) is 30.6. The molecule has 0 saturated carbocycles. The van der Waals surface area contributed by atoms with Crippen molar-refractivity contribution in [3.05, 3.63) is 271 Å². The van der Waals surface area contributed by atoms with Gasteiger partial charge in [-0.2, -0.15) is 0 Å². The maximum absolute atomic E-state index is 2.64. The lowest BCUT2D eigenvalue weighted by atomic mass is 9.34. The molecule has 0 aliphatic carbocycles. The molecule has 3 aromatic heterocycles. The van der Waals surface area contributed by atoms with Crippen LogP contribution in [0.5, 0.6) is 0 Å². The summed E-state index contributed by atoms with van der Waals surface area (Å²) in [6.45, 7) is 16.1. The molecule has 416 valence electrons. The summed E-state index contributed by atoms with van der Waals surface area (Å²) in [5.41, 5.74) is 26.5. The van der Waals surface area contributed by atoms with Gasteiger partial charge in [0.25, 0.3) is 0 Å². The SMILES string of the molecule is Cc1ccc2c(c1)Sc1cc(-c3cccc(-n4c5ccccc5c5ccccc54)c3-n3c4ccccc4c4ccccc43)cc3c1B2c1ccc(-n2c4ccc(C(C)(C)C)cc4c4cc(C(C)(C)C)ccc42)cc1N3c1ccccc1-c1ccccc1. The molecule has 6 heteroatoms. The molecule has 0 unspecified atom stereocenters. The number of fused-ring (bicyclic) bond motifs is 13. The molecule has 15 aromatic rings. The van der Waals surface area contributed by atoms with Gasteiger partial charge in [0.05, 0.1) is 50.2 Å². The Morgan fingerprint density at radius 3 is 1.46 bits per heavy atom. The maximum Gasteiger partial charge on any atom is 0.249 e. The molecule has 2 aliphatic heterocycles. The third kappa shape index (κ3) is 7.86. The molecule has 0 N–H and O–H groups in total. The fourth-order valence-electron chi connectivity index (χ4n) is 14.7. The van der Waals surface area contributed by atoms with Crippen molar-refractivity contribution in [1.82, 2.24) is 13.7 Å². The minimum Gasteiger partial charge on any atom is -0.311 e. The van der Waals surface area contributed by atoms with Gasteiger partial charge in [0, 0.05) is 70.3 Å². The van der Waals surface area contributed by atoms with E-state index < -0.39 is 0 Å². The van der Waals surface area contributed by atoms with Crippen molar-refractivity contribution < 1.29 is 0 Å². The molecule has 0 fully saturated rings. The molecule has 4 nitrogen and oxygen atoms in total. The van der Waals surface area contributed by atoms with E-state index in [2.05, 4.69) is 322 Å². The predicted octanol–water partition coefficient (Wildman–Crippen LogP) is 20.0. The molecular weight excluding hydrogens is 1070 g/mol. The molecule has 0 bridgehead atoms. The van der Waals surface area contributed by atoms with Crippen LogP contribution in [-0.2, 0) is 10.8 Å². The number of hydrogen-bond donors (Lipinski definition) is 0. The van der Waals surface area contributed by atoms with Gasteiger partial charge in [-0.1, -0.05) is 228 Å². The van der Waals surface area contributed by atoms with Crippen molar-refractivity contribution in [2.24, 2.45) is 0 Å². The molecule has 12 aromatic carbocycles. The van der Waals surface area contributed by atoms with E-state index in [1.165, 1.54) is 131 Å². The summed E-state index contributed by atoms with van der Waals surface area (Å²) < 4.78 is 7.61. The fraction of sp³-hybridized carbons (Fsp3) is 0.111. The van der Waals surface area contributed by atoms with Crippen molar-refractivity contribution in [3.63, 3.8) is 0 Å². The second-order valence-corrected chi connectivity index (χ2v) is 27.2. The minimum absolute atomic E-state index is 0.0164. The first kappa shape index (κ1) is 51.7. The molecule has 0 amide bonds. The highest BCUT2D eigenvalue weighted by Crippen LogP contribution is 2.50. The van der Waals surface area contributed by atoms with Crippen LogP contribution in [0.3, 0.4) is 0 Å². The standard InChI is InChI=1S/C81H63BN4S/c1-50-36-40-65-76(44-50)87-77-46-52(57-29-21-35-73(84-67-31-17-12-25-58(67)59-26-13-18-32-68(59)84)79(57)86-69-33-19-14-27-60(69)61-28-15-20-34-70(61)86)45-75-78(77)82(65)64-41-39-55(49-74(64)85(75)66-30-16-11-24-56(66)51-22-9-8-10-23-51)83-71-42-37-53(80(2,3)4)47-62(71)63-48-54(81(5,6)7)38-43-72(63)83/h8-49H,1-7H3. The van der Waals surface area contributed by atoms with E-state index in [-0.39, 0.29) is 17.5 Å². The average Bonchev–Trinajstić information content (AvgIpc) is 1.04. The number of anilines is 3. The first-order valence-corrected chi connectivity index (χ1v) is 31.4. The van der Waals surface area contributed by atoms with Crippen molar-refractivity contribution in [3.8, 4) is 39.3 Å². The second-order valence-electron chi connectivity index (χ2n) is 26.2. The first-order chi connectivity index (χ1) is 42.4. The van der Waals surface area contributed by atoms with Crippen LogP contribution in [0.15, 0.2) is 265 Å².